The lowest BCUT2D eigenvalue weighted by atomic mass is 10.1. The quantitative estimate of drug-likeness (QED) is 0.558. The van der Waals surface area contributed by atoms with Crippen LogP contribution in [-0.2, 0) is 4.79 Å². The van der Waals surface area contributed by atoms with Crippen LogP contribution >= 0.6 is 11.8 Å². The molecule has 0 unspecified atom stereocenters. The Bertz CT molecular complexity index is 915. The van der Waals surface area contributed by atoms with Gasteiger partial charge in [-0.3, -0.25) is 4.79 Å². The standard InChI is InChI=1S/C23H24N2O2S/c1-17(19-12-6-8-14-21(19)27-2)24-16-23(26)25-20-13-7-9-15-22(20)28-18-10-4-3-5-11-18/h3-15,17,24H,16H2,1-2H3,(H,25,26)/t17-/m1/s1. The SMILES string of the molecule is COc1ccccc1[C@@H](C)NCC(=O)Nc1ccccc1Sc1ccccc1. The van der Waals surface area contributed by atoms with Gasteiger partial charge in [0.15, 0.2) is 0 Å². The minimum atomic E-state index is -0.0807. The highest BCUT2D eigenvalue weighted by Gasteiger charge is 2.13. The van der Waals surface area contributed by atoms with Crippen molar-refractivity contribution < 1.29 is 9.53 Å². The van der Waals surface area contributed by atoms with Gasteiger partial charge in [0.25, 0.3) is 0 Å². The summed E-state index contributed by atoms with van der Waals surface area (Å²) in [7, 11) is 1.65. The highest BCUT2D eigenvalue weighted by molar-refractivity contribution is 7.99. The predicted octanol–water partition coefficient (Wildman–Crippen LogP) is 5.14. The van der Waals surface area contributed by atoms with Crippen LogP contribution in [0.2, 0.25) is 0 Å². The minimum Gasteiger partial charge on any atom is -0.496 e. The van der Waals surface area contributed by atoms with Gasteiger partial charge in [0.2, 0.25) is 5.91 Å². The zero-order valence-electron chi connectivity index (χ0n) is 16.0. The monoisotopic (exact) mass is 392 g/mol. The van der Waals surface area contributed by atoms with E-state index in [0.717, 1.165) is 26.8 Å². The molecule has 0 saturated carbocycles. The summed E-state index contributed by atoms with van der Waals surface area (Å²) in [4.78, 5) is 14.6. The molecule has 3 aromatic carbocycles. The molecule has 0 fully saturated rings. The number of amides is 1. The van der Waals surface area contributed by atoms with Crippen LogP contribution < -0.4 is 15.4 Å². The van der Waals surface area contributed by atoms with E-state index < -0.39 is 0 Å². The first-order valence-corrected chi connectivity index (χ1v) is 9.97. The van der Waals surface area contributed by atoms with E-state index in [2.05, 4.69) is 22.8 Å². The number of carbonyl (C=O) groups is 1. The topological polar surface area (TPSA) is 50.4 Å². The molecule has 0 saturated heterocycles. The van der Waals surface area contributed by atoms with Crippen LogP contribution in [0.25, 0.3) is 0 Å². The van der Waals surface area contributed by atoms with E-state index in [4.69, 9.17) is 4.74 Å². The molecule has 3 rings (SSSR count). The normalized spacial score (nSPS) is 11.6. The Hall–Kier alpha value is -2.76. The fraction of sp³-hybridized carbons (Fsp3) is 0.174. The molecule has 0 spiro atoms. The van der Waals surface area contributed by atoms with Crippen molar-refractivity contribution in [2.45, 2.75) is 22.8 Å². The third kappa shape index (κ3) is 5.38. The van der Waals surface area contributed by atoms with Crippen LogP contribution in [-0.4, -0.2) is 19.6 Å². The van der Waals surface area contributed by atoms with E-state index in [1.54, 1.807) is 18.9 Å². The first-order chi connectivity index (χ1) is 13.7. The van der Waals surface area contributed by atoms with Crippen molar-refractivity contribution in [2.24, 2.45) is 0 Å². The van der Waals surface area contributed by atoms with Crippen LogP contribution in [0.4, 0.5) is 5.69 Å². The van der Waals surface area contributed by atoms with Crippen molar-refractivity contribution in [3.63, 3.8) is 0 Å². The number of hydrogen-bond donors (Lipinski definition) is 2. The van der Waals surface area contributed by atoms with Gasteiger partial charge < -0.3 is 15.4 Å². The van der Waals surface area contributed by atoms with Gasteiger partial charge in [-0.25, -0.2) is 0 Å². The number of rotatable bonds is 8. The maximum atomic E-state index is 12.5. The molecule has 28 heavy (non-hydrogen) atoms. The molecule has 0 bridgehead atoms. The van der Waals surface area contributed by atoms with Gasteiger partial charge in [0.1, 0.15) is 5.75 Å². The Balaban J connectivity index is 1.61. The Labute approximate surface area is 170 Å². The number of ether oxygens (including phenoxy) is 1. The van der Waals surface area contributed by atoms with Gasteiger partial charge in [-0.05, 0) is 37.3 Å². The Morgan fingerprint density at radius 2 is 1.64 bits per heavy atom. The average molecular weight is 393 g/mol. The summed E-state index contributed by atoms with van der Waals surface area (Å²) in [6.45, 7) is 2.23. The molecule has 0 aliphatic carbocycles. The zero-order valence-corrected chi connectivity index (χ0v) is 16.8. The molecule has 4 nitrogen and oxygen atoms in total. The number of anilines is 1. The molecule has 1 amide bonds. The minimum absolute atomic E-state index is 0.00385. The third-order valence-corrected chi connectivity index (χ3v) is 5.39. The van der Waals surface area contributed by atoms with Crippen LogP contribution in [0.15, 0.2) is 88.7 Å². The van der Waals surface area contributed by atoms with E-state index in [1.807, 2.05) is 73.7 Å². The fourth-order valence-electron chi connectivity index (χ4n) is 2.85. The van der Waals surface area contributed by atoms with Crippen molar-refractivity contribution in [3.05, 3.63) is 84.4 Å². The maximum Gasteiger partial charge on any atom is 0.238 e. The van der Waals surface area contributed by atoms with E-state index in [1.165, 1.54) is 0 Å². The molecule has 0 aromatic heterocycles. The summed E-state index contributed by atoms with van der Waals surface area (Å²) >= 11 is 1.63. The highest BCUT2D eigenvalue weighted by atomic mass is 32.2. The second-order valence-corrected chi connectivity index (χ2v) is 7.42. The zero-order chi connectivity index (χ0) is 19.8. The van der Waals surface area contributed by atoms with Crippen LogP contribution in [0.5, 0.6) is 5.75 Å². The lowest BCUT2D eigenvalue weighted by Crippen LogP contribution is -2.30. The predicted molar refractivity (Wildman–Crippen MR) is 115 cm³/mol. The van der Waals surface area contributed by atoms with Crippen LogP contribution in [0.3, 0.4) is 0 Å². The summed E-state index contributed by atoms with van der Waals surface area (Å²) in [5.41, 5.74) is 1.84. The number of methoxy groups -OCH3 is 1. The van der Waals surface area contributed by atoms with Gasteiger partial charge in [-0.2, -0.15) is 0 Å². The van der Waals surface area contributed by atoms with Crippen LogP contribution in [0.1, 0.15) is 18.5 Å². The largest absolute Gasteiger partial charge is 0.496 e. The Morgan fingerprint density at radius 3 is 2.43 bits per heavy atom. The number of para-hydroxylation sites is 2. The van der Waals surface area contributed by atoms with E-state index in [0.29, 0.717) is 0 Å². The molecule has 0 aliphatic heterocycles. The van der Waals surface area contributed by atoms with Crippen molar-refractivity contribution in [3.8, 4) is 5.75 Å². The molecule has 5 heteroatoms. The molecular formula is C23H24N2O2S. The lowest BCUT2D eigenvalue weighted by molar-refractivity contribution is -0.115. The molecule has 3 aromatic rings. The lowest BCUT2D eigenvalue weighted by Gasteiger charge is -2.17. The number of carbonyl (C=O) groups excluding carboxylic acids is 1. The summed E-state index contributed by atoms with van der Waals surface area (Å²) in [6, 6.07) is 25.8. The van der Waals surface area contributed by atoms with Crippen molar-refractivity contribution in [1.82, 2.24) is 5.32 Å². The first-order valence-electron chi connectivity index (χ1n) is 9.15. The summed E-state index contributed by atoms with van der Waals surface area (Å²) in [5.74, 6) is 0.732. The highest BCUT2D eigenvalue weighted by Crippen LogP contribution is 2.33. The van der Waals surface area contributed by atoms with E-state index in [-0.39, 0.29) is 18.5 Å². The maximum absolute atomic E-state index is 12.5. The van der Waals surface area contributed by atoms with E-state index >= 15 is 0 Å². The first kappa shape index (κ1) is 20.0. The van der Waals surface area contributed by atoms with Gasteiger partial charge in [0.05, 0.1) is 19.3 Å². The molecule has 1 atom stereocenters. The average Bonchev–Trinajstić information content (AvgIpc) is 2.74. The van der Waals surface area contributed by atoms with Gasteiger partial charge in [-0.15, -0.1) is 0 Å². The Morgan fingerprint density at radius 1 is 0.964 bits per heavy atom. The summed E-state index contributed by atoms with van der Waals surface area (Å²) in [6.07, 6.45) is 0. The molecular weight excluding hydrogens is 368 g/mol. The summed E-state index contributed by atoms with van der Waals surface area (Å²) < 4.78 is 5.40. The summed E-state index contributed by atoms with van der Waals surface area (Å²) in [5, 5.41) is 6.28. The van der Waals surface area contributed by atoms with Crippen molar-refractivity contribution >= 4 is 23.4 Å². The second kappa shape index (κ2) is 9.97. The molecule has 0 heterocycles. The van der Waals surface area contributed by atoms with Crippen LogP contribution in [0, 0.1) is 0 Å². The van der Waals surface area contributed by atoms with Crippen molar-refractivity contribution in [2.75, 3.05) is 19.0 Å². The smallest absolute Gasteiger partial charge is 0.238 e. The second-order valence-electron chi connectivity index (χ2n) is 6.30. The Kier molecular flexibility index (Phi) is 7.12. The molecule has 0 aliphatic rings. The number of nitrogens with one attached hydrogen (secondary N) is 2. The molecule has 0 radical (unpaired) electrons. The van der Waals surface area contributed by atoms with Gasteiger partial charge >= 0.3 is 0 Å². The third-order valence-electron chi connectivity index (χ3n) is 4.31. The molecule has 144 valence electrons. The fourth-order valence-corrected chi connectivity index (χ4v) is 3.77. The van der Waals surface area contributed by atoms with Gasteiger partial charge in [-0.1, -0.05) is 60.3 Å². The van der Waals surface area contributed by atoms with E-state index in [9.17, 15) is 4.79 Å². The number of hydrogen-bond acceptors (Lipinski definition) is 4. The molecule has 2 N–H and O–H groups in total. The van der Waals surface area contributed by atoms with Gasteiger partial charge in [0, 0.05) is 21.4 Å². The number of benzene rings is 3. The van der Waals surface area contributed by atoms with Crippen molar-refractivity contribution in [1.29, 1.82) is 0 Å².